The van der Waals surface area contributed by atoms with Crippen LogP contribution in [0, 0.1) is 5.92 Å². The quantitative estimate of drug-likeness (QED) is 0.799. The summed E-state index contributed by atoms with van der Waals surface area (Å²) in [6.45, 7) is 4.75. The summed E-state index contributed by atoms with van der Waals surface area (Å²) in [6.07, 6.45) is 1.39. The molecule has 0 saturated heterocycles. The summed E-state index contributed by atoms with van der Waals surface area (Å²) in [6, 6.07) is 0. The van der Waals surface area contributed by atoms with Gasteiger partial charge in [0.25, 0.3) is 0 Å². The van der Waals surface area contributed by atoms with E-state index in [1.165, 1.54) is 0 Å². The first-order valence-electron chi connectivity index (χ1n) is 5.50. The van der Waals surface area contributed by atoms with Gasteiger partial charge in [-0.2, -0.15) is 0 Å². The molecule has 1 heterocycles. The maximum atomic E-state index is 11.4. The molecule has 0 unspecified atom stereocenters. The van der Waals surface area contributed by atoms with E-state index in [-0.39, 0.29) is 5.91 Å². The van der Waals surface area contributed by atoms with Crippen LogP contribution < -0.4 is 10.6 Å². The second-order valence-corrected chi connectivity index (χ2v) is 4.95. The van der Waals surface area contributed by atoms with Crippen molar-refractivity contribution in [2.75, 3.05) is 18.9 Å². The highest BCUT2D eigenvalue weighted by molar-refractivity contribution is 7.13. The molecule has 0 fully saturated rings. The molecule has 0 spiro atoms. The fourth-order valence-electron chi connectivity index (χ4n) is 1.31. The summed E-state index contributed by atoms with van der Waals surface area (Å²) in [5.74, 6) is 0.536. The first-order valence-corrected chi connectivity index (χ1v) is 6.38. The van der Waals surface area contributed by atoms with Gasteiger partial charge in [0, 0.05) is 31.8 Å². The van der Waals surface area contributed by atoms with Crippen LogP contribution in [0.2, 0.25) is 0 Å². The zero-order valence-electron chi connectivity index (χ0n) is 10.0. The van der Waals surface area contributed by atoms with Crippen molar-refractivity contribution in [1.82, 2.24) is 10.3 Å². The van der Waals surface area contributed by atoms with Crippen molar-refractivity contribution in [3.63, 3.8) is 0 Å². The Balaban J connectivity index is 2.22. The van der Waals surface area contributed by atoms with Crippen LogP contribution in [0.1, 0.15) is 26.0 Å². The molecule has 90 valence electrons. The standard InChI is InChI=1S/C11H19N3OS/c1-8(2)6-10(15)13-5-4-9-7-16-11(12-3)14-9/h7-8H,4-6H2,1-3H3,(H,12,14)(H,13,15). The molecule has 0 aliphatic rings. The number of thiazole rings is 1. The lowest BCUT2D eigenvalue weighted by atomic mass is 10.1. The highest BCUT2D eigenvalue weighted by Crippen LogP contribution is 2.14. The van der Waals surface area contributed by atoms with Crippen molar-refractivity contribution in [3.05, 3.63) is 11.1 Å². The molecule has 5 heteroatoms. The summed E-state index contributed by atoms with van der Waals surface area (Å²) < 4.78 is 0. The average Bonchev–Trinajstić information content (AvgIpc) is 2.64. The molecular formula is C11H19N3OS. The second kappa shape index (κ2) is 6.48. The largest absolute Gasteiger partial charge is 0.365 e. The number of aromatic nitrogens is 1. The van der Waals surface area contributed by atoms with Crippen molar-refractivity contribution in [2.24, 2.45) is 5.92 Å². The number of hydrogen-bond acceptors (Lipinski definition) is 4. The van der Waals surface area contributed by atoms with E-state index < -0.39 is 0 Å². The van der Waals surface area contributed by atoms with E-state index in [1.54, 1.807) is 11.3 Å². The van der Waals surface area contributed by atoms with Crippen LogP contribution in [0.5, 0.6) is 0 Å². The molecule has 1 aromatic rings. The van der Waals surface area contributed by atoms with Gasteiger partial charge in [0.05, 0.1) is 5.69 Å². The van der Waals surface area contributed by atoms with E-state index in [0.29, 0.717) is 18.9 Å². The molecule has 0 aliphatic heterocycles. The van der Waals surface area contributed by atoms with E-state index in [2.05, 4.69) is 15.6 Å². The zero-order chi connectivity index (χ0) is 12.0. The molecule has 0 radical (unpaired) electrons. The molecule has 0 aliphatic carbocycles. The van der Waals surface area contributed by atoms with E-state index in [9.17, 15) is 4.79 Å². The Kier molecular flexibility index (Phi) is 5.25. The number of carbonyl (C=O) groups is 1. The third-order valence-corrected chi connectivity index (χ3v) is 2.97. The van der Waals surface area contributed by atoms with Crippen molar-refractivity contribution < 1.29 is 4.79 Å². The van der Waals surface area contributed by atoms with Crippen LogP contribution in [0.4, 0.5) is 5.13 Å². The summed E-state index contributed by atoms with van der Waals surface area (Å²) in [5, 5.41) is 8.82. The van der Waals surface area contributed by atoms with Gasteiger partial charge < -0.3 is 10.6 Å². The van der Waals surface area contributed by atoms with Crippen molar-refractivity contribution in [1.29, 1.82) is 0 Å². The SMILES string of the molecule is CNc1nc(CCNC(=O)CC(C)C)cs1. The molecule has 0 saturated carbocycles. The van der Waals surface area contributed by atoms with Crippen molar-refractivity contribution in [2.45, 2.75) is 26.7 Å². The molecule has 4 nitrogen and oxygen atoms in total. The first kappa shape index (κ1) is 13.0. The third kappa shape index (κ3) is 4.61. The number of nitrogens with one attached hydrogen (secondary N) is 2. The smallest absolute Gasteiger partial charge is 0.220 e. The van der Waals surface area contributed by atoms with Gasteiger partial charge in [-0.3, -0.25) is 4.79 Å². The first-order chi connectivity index (χ1) is 7.61. The van der Waals surface area contributed by atoms with E-state index in [0.717, 1.165) is 17.2 Å². The van der Waals surface area contributed by atoms with Gasteiger partial charge >= 0.3 is 0 Å². The molecule has 1 rings (SSSR count). The predicted molar refractivity (Wildman–Crippen MR) is 67.8 cm³/mol. The molecule has 0 bridgehead atoms. The van der Waals surface area contributed by atoms with Crippen molar-refractivity contribution in [3.8, 4) is 0 Å². The predicted octanol–water partition coefficient (Wildman–Crippen LogP) is 1.89. The van der Waals surface area contributed by atoms with Crippen LogP contribution in [0.3, 0.4) is 0 Å². The summed E-state index contributed by atoms with van der Waals surface area (Å²) in [5.41, 5.74) is 1.03. The number of carbonyl (C=O) groups excluding carboxylic acids is 1. The van der Waals surface area contributed by atoms with Gasteiger partial charge in [-0.15, -0.1) is 11.3 Å². The van der Waals surface area contributed by atoms with Crippen LogP contribution in [0.15, 0.2) is 5.38 Å². The van der Waals surface area contributed by atoms with Gasteiger partial charge in [0.15, 0.2) is 5.13 Å². The van der Waals surface area contributed by atoms with Crippen molar-refractivity contribution >= 4 is 22.4 Å². The number of rotatable bonds is 6. The molecular weight excluding hydrogens is 222 g/mol. The van der Waals surface area contributed by atoms with Gasteiger partial charge in [-0.1, -0.05) is 13.8 Å². The minimum atomic E-state index is 0.124. The average molecular weight is 241 g/mol. The Morgan fingerprint density at radius 2 is 2.31 bits per heavy atom. The van der Waals surface area contributed by atoms with E-state index >= 15 is 0 Å². The molecule has 16 heavy (non-hydrogen) atoms. The Hall–Kier alpha value is -1.10. The number of hydrogen-bond donors (Lipinski definition) is 2. The summed E-state index contributed by atoms with van der Waals surface area (Å²) in [7, 11) is 1.85. The number of anilines is 1. The Morgan fingerprint density at radius 1 is 1.56 bits per heavy atom. The third-order valence-electron chi connectivity index (χ3n) is 2.06. The topological polar surface area (TPSA) is 54.0 Å². The maximum absolute atomic E-state index is 11.4. The van der Waals surface area contributed by atoms with Crippen LogP contribution in [-0.2, 0) is 11.2 Å². The van der Waals surface area contributed by atoms with Gasteiger partial charge in [-0.25, -0.2) is 4.98 Å². The molecule has 0 aromatic carbocycles. The fourth-order valence-corrected chi connectivity index (χ4v) is 2.02. The Labute approximate surface area is 100 Å². The van der Waals surface area contributed by atoms with Crippen LogP contribution in [0.25, 0.3) is 0 Å². The van der Waals surface area contributed by atoms with Gasteiger partial charge in [0.2, 0.25) is 5.91 Å². The lowest BCUT2D eigenvalue weighted by Gasteiger charge is -2.05. The number of amides is 1. The second-order valence-electron chi connectivity index (χ2n) is 4.09. The molecule has 2 N–H and O–H groups in total. The lowest BCUT2D eigenvalue weighted by molar-refractivity contribution is -0.121. The highest BCUT2D eigenvalue weighted by atomic mass is 32.1. The van der Waals surface area contributed by atoms with E-state index in [4.69, 9.17) is 0 Å². The highest BCUT2D eigenvalue weighted by Gasteiger charge is 2.05. The Bertz CT molecular complexity index is 336. The summed E-state index contributed by atoms with van der Waals surface area (Å²) in [4.78, 5) is 15.7. The summed E-state index contributed by atoms with van der Waals surface area (Å²) >= 11 is 1.58. The van der Waals surface area contributed by atoms with Crippen LogP contribution >= 0.6 is 11.3 Å². The van der Waals surface area contributed by atoms with Gasteiger partial charge in [0.1, 0.15) is 0 Å². The van der Waals surface area contributed by atoms with E-state index in [1.807, 2.05) is 26.3 Å². The fraction of sp³-hybridized carbons (Fsp3) is 0.636. The number of nitrogens with zero attached hydrogens (tertiary/aromatic N) is 1. The maximum Gasteiger partial charge on any atom is 0.220 e. The molecule has 1 amide bonds. The van der Waals surface area contributed by atoms with Gasteiger partial charge in [-0.05, 0) is 5.92 Å². The zero-order valence-corrected chi connectivity index (χ0v) is 10.9. The Morgan fingerprint density at radius 3 is 2.88 bits per heavy atom. The minimum absolute atomic E-state index is 0.124. The molecule has 0 atom stereocenters. The minimum Gasteiger partial charge on any atom is -0.365 e. The van der Waals surface area contributed by atoms with Crippen LogP contribution in [-0.4, -0.2) is 24.5 Å². The lowest BCUT2D eigenvalue weighted by Crippen LogP contribution is -2.26. The monoisotopic (exact) mass is 241 g/mol. The molecule has 1 aromatic heterocycles. The normalized spacial score (nSPS) is 10.5.